The third kappa shape index (κ3) is 3.73. The van der Waals surface area contributed by atoms with E-state index in [0.717, 1.165) is 0 Å². The van der Waals surface area contributed by atoms with Gasteiger partial charge in [-0.2, -0.15) is 14.9 Å². The van der Waals surface area contributed by atoms with E-state index in [-0.39, 0.29) is 17.1 Å². The summed E-state index contributed by atoms with van der Waals surface area (Å²) in [5, 5.41) is 24.0. The molecule has 0 unspecified atom stereocenters. The molecule has 11 nitrogen and oxygen atoms in total. The van der Waals surface area contributed by atoms with Crippen molar-refractivity contribution < 1.29 is 9.72 Å². The number of carbonyl (C=O) groups is 1. The second kappa shape index (κ2) is 8.37. The smallest absolute Gasteiger partial charge is 0.282 e. The molecule has 0 radical (unpaired) electrons. The van der Waals surface area contributed by atoms with Crippen LogP contribution < -0.4 is 5.32 Å². The number of nitro groups is 1. The summed E-state index contributed by atoms with van der Waals surface area (Å²) >= 11 is 6.12. The molecule has 12 heteroatoms. The number of benzene rings is 2. The minimum atomic E-state index is -0.645. The standard InChI is InChI=1S/C22H15ClN8O3/c1-13-9-19(27-22(32)16-7-2-3-8-18(16)31(33)34)30(28-13)21-17-11-26-29(20(17)24-12-25-21)15-6-4-5-14(23)10-15/h2-12H,1H3,(H,27,32). The Kier molecular flexibility index (Phi) is 5.22. The first-order chi connectivity index (χ1) is 16.4. The Hall–Kier alpha value is -4.64. The van der Waals surface area contributed by atoms with Gasteiger partial charge >= 0.3 is 0 Å². The Labute approximate surface area is 196 Å². The van der Waals surface area contributed by atoms with Crippen molar-refractivity contribution in [2.45, 2.75) is 6.92 Å². The predicted octanol–water partition coefficient (Wildman–Crippen LogP) is 4.12. The highest BCUT2D eigenvalue weighted by atomic mass is 35.5. The number of fused-ring (bicyclic) bond motifs is 1. The number of nitrogens with one attached hydrogen (secondary N) is 1. The van der Waals surface area contributed by atoms with Crippen LogP contribution >= 0.6 is 11.6 Å². The fourth-order valence-electron chi connectivity index (χ4n) is 3.56. The summed E-state index contributed by atoms with van der Waals surface area (Å²) in [6.07, 6.45) is 2.96. The SMILES string of the molecule is Cc1cc(NC(=O)c2ccccc2[N+](=O)[O-])n(-c2ncnc3c2cnn3-c2cccc(Cl)c2)n1. The van der Waals surface area contributed by atoms with E-state index in [2.05, 4.69) is 25.5 Å². The van der Waals surface area contributed by atoms with E-state index in [9.17, 15) is 14.9 Å². The van der Waals surface area contributed by atoms with Gasteiger partial charge in [0.25, 0.3) is 11.6 Å². The Morgan fingerprint density at radius 1 is 1.09 bits per heavy atom. The monoisotopic (exact) mass is 474 g/mol. The first kappa shape index (κ1) is 21.2. The fraction of sp³-hybridized carbons (Fsp3) is 0.0455. The minimum Gasteiger partial charge on any atom is -0.306 e. The van der Waals surface area contributed by atoms with Crippen LogP contribution in [0.4, 0.5) is 11.5 Å². The maximum Gasteiger partial charge on any atom is 0.282 e. The number of aryl methyl sites for hydroxylation is 1. The maximum atomic E-state index is 12.9. The summed E-state index contributed by atoms with van der Waals surface area (Å²) in [4.78, 5) is 32.3. The van der Waals surface area contributed by atoms with Crippen LogP contribution in [-0.4, -0.2) is 40.4 Å². The lowest BCUT2D eigenvalue weighted by molar-refractivity contribution is -0.385. The molecule has 5 aromatic rings. The van der Waals surface area contributed by atoms with Crippen LogP contribution in [0.3, 0.4) is 0 Å². The number of hydrogen-bond donors (Lipinski definition) is 1. The number of rotatable bonds is 5. The van der Waals surface area contributed by atoms with Gasteiger partial charge in [0.2, 0.25) is 0 Å². The lowest BCUT2D eigenvalue weighted by atomic mass is 10.1. The summed E-state index contributed by atoms with van der Waals surface area (Å²) in [6, 6.07) is 14.5. The van der Waals surface area contributed by atoms with Crippen molar-refractivity contribution in [2.75, 3.05) is 5.32 Å². The quantitative estimate of drug-likeness (QED) is 0.299. The highest BCUT2D eigenvalue weighted by Crippen LogP contribution is 2.26. The van der Waals surface area contributed by atoms with Crippen LogP contribution in [-0.2, 0) is 0 Å². The minimum absolute atomic E-state index is 0.0699. The van der Waals surface area contributed by atoms with Crippen LogP contribution in [0.2, 0.25) is 5.02 Å². The third-order valence-electron chi connectivity index (χ3n) is 5.02. The van der Waals surface area contributed by atoms with Gasteiger partial charge in [-0.15, -0.1) is 0 Å². The van der Waals surface area contributed by atoms with Crippen LogP contribution in [0, 0.1) is 17.0 Å². The van der Waals surface area contributed by atoms with E-state index in [1.165, 1.54) is 29.2 Å². The molecule has 0 aliphatic heterocycles. The zero-order chi connectivity index (χ0) is 23.8. The number of carbonyl (C=O) groups excluding carboxylic acids is 1. The highest BCUT2D eigenvalue weighted by molar-refractivity contribution is 6.30. The first-order valence-electron chi connectivity index (χ1n) is 9.99. The molecule has 34 heavy (non-hydrogen) atoms. The van der Waals surface area contributed by atoms with Gasteiger partial charge in [-0.05, 0) is 31.2 Å². The summed E-state index contributed by atoms with van der Waals surface area (Å²) < 4.78 is 3.06. The van der Waals surface area contributed by atoms with Crippen molar-refractivity contribution in [3.05, 3.63) is 93.5 Å². The van der Waals surface area contributed by atoms with Crippen molar-refractivity contribution in [3.63, 3.8) is 0 Å². The molecule has 3 heterocycles. The molecule has 0 saturated carbocycles. The Morgan fingerprint density at radius 3 is 2.71 bits per heavy atom. The summed E-state index contributed by atoms with van der Waals surface area (Å²) in [5.74, 6) is 0.0220. The number of para-hydroxylation sites is 1. The molecular formula is C22H15ClN8O3. The number of nitrogens with zero attached hydrogens (tertiary/aromatic N) is 7. The summed E-state index contributed by atoms with van der Waals surface area (Å²) in [6.45, 7) is 1.75. The number of halogens is 1. The van der Waals surface area contributed by atoms with Gasteiger partial charge < -0.3 is 5.32 Å². The van der Waals surface area contributed by atoms with Gasteiger partial charge in [-0.1, -0.05) is 29.8 Å². The number of anilines is 1. The van der Waals surface area contributed by atoms with Gasteiger partial charge in [0.05, 0.1) is 27.9 Å². The lowest BCUT2D eigenvalue weighted by Gasteiger charge is -2.09. The molecule has 0 fully saturated rings. The van der Waals surface area contributed by atoms with Gasteiger partial charge in [-0.25, -0.2) is 14.6 Å². The predicted molar refractivity (Wildman–Crippen MR) is 125 cm³/mol. The average Bonchev–Trinajstić information content (AvgIpc) is 3.42. The molecule has 0 aliphatic rings. The lowest BCUT2D eigenvalue weighted by Crippen LogP contribution is -2.17. The molecular weight excluding hydrogens is 460 g/mol. The molecule has 2 aromatic carbocycles. The average molecular weight is 475 g/mol. The van der Waals surface area contributed by atoms with Crippen molar-refractivity contribution in [3.8, 4) is 11.5 Å². The number of aromatic nitrogens is 6. The van der Waals surface area contributed by atoms with E-state index in [4.69, 9.17) is 11.6 Å². The third-order valence-corrected chi connectivity index (χ3v) is 5.25. The number of nitro benzene ring substituents is 1. The van der Waals surface area contributed by atoms with E-state index < -0.39 is 10.8 Å². The van der Waals surface area contributed by atoms with E-state index in [1.54, 1.807) is 48.1 Å². The highest BCUT2D eigenvalue weighted by Gasteiger charge is 2.22. The van der Waals surface area contributed by atoms with Crippen molar-refractivity contribution in [1.29, 1.82) is 0 Å². The molecule has 3 aromatic heterocycles. The summed E-state index contributed by atoms with van der Waals surface area (Å²) in [7, 11) is 0. The van der Waals surface area contributed by atoms with Crippen molar-refractivity contribution >= 4 is 40.0 Å². The van der Waals surface area contributed by atoms with Crippen molar-refractivity contribution in [2.24, 2.45) is 0 Å². The van der Waals surface area contributed by atoms with E-state index >= 15 is 0 Å². The second-order valence-electron chi connectivity index (χ2n) is 7.28. The largest absolute Gasteiger partial charge is 0.306 e. The van der Waals surface area contributed by atoms with Gasteiger partial charge in [0, 0.05) is 17.2 Å². The molecule has 1 amide bonds. The Balaban J connectivity index is 1.57. The molecule has 0 atom stereocenters. The molecule has 1 N–H and O–H groups in total. The first-order valence-corrected chi connectivity index (χ1v) is 10.4. The van der Waals surface area contributed by atoms with Gasteiger partial charge in [0.1, 0.15) is 17.7 Å². The fourth-order valence-corrected chi connectivity index (χ4v) is 3.74. The topological polar surface area (TPSA) is 134 Å². The molecule has 5 rings (SSSR count). The maximum absolute atomic E-state index is 12.9. The molecule has 0 spiro atoms. The van der Waals surface area contributed by atoms with Gasteiger partial charge in [0.15, 0.2) is 11.5 Å². The van der Waals surface area contributed by atoms with Crippen LogP contribution in [0.5, 0.6) is 0 Å². The molecule has 0 saturated heterocycles. The zero-order valence-corrected chi connectivity index (χ0v) is 18.3. The normalized spacial score (nSPS) is 11.0. The van der Waals surface area contributed by atoms with E-state index in [1.807, 2.05) is 6.07 Å². The van der Waals surface area contributed by atoms with Crippen LogP contribution in [0.15, 0.2) is 67.1 Å². The van der Waals surface area contributed by atoms with Crippen LogP contribution in [0.25, 0.3) is 22.5 Å². The second-order valence-corrected chi connectivity index (χ2v) is 7.72. The Morgan fingerprint density at radius 2 is 1.91 bits per heavy atom. The zero-order valence-electron chi connectivity index (χ0n) is 17.6. The number of amides is 1. The Bertz CT molecular complexity index is 1580. The van der Waals surface area contributed by atoms with Crippen molar-refractivity contribution in [1.82, 2.24) is 29.5 Å². The van der Waals surface area contributed by atoms with E-state index in [0.29, 0.717) is 33.3 Å². The van der Waals surface area contributed by atoms with Crippen LogP contribution in [0.1, 0.15) is 16.1 Å². The number of hydrogen-bond acceptors (Lipinski definition) is 7. The molecule has 0 aliphatic carbocycles. The molecule has 168 valence electrons. The molecule has 0 bridgehead atoms. The van der Waals surface area contributed by atoms with Gasteiger partial charge in [-0.3, -0.25) is 14.9 Å². The summed E-state index contributed by atoms with van der Waals surface area (Å²) in [5.41, 5.74) is 1.46.